The van der Waals surface area contributed by atoms with Gasteiger partial charge in [0.15, 0.2) is 0 Å². The van der Waals surface area contributed by atoms with Gasteiger partial charge in [0.2, 0.25) is 5.88 Å². The van der Waals surface area contributed by atoms with E-state index >= 15 is 0 Å². The molecule has 0 aromatic carbocycles. The SMILES string of the molecule is CCNC(Cc1ccc(Br)cn1)c1cc(OC)ncn1. The molecule has 0 radical (unpaired) electrons. The Morgan fingerprint density at radius 1 is 1.30 bits per heavy atom. The van der Waals surface area contributed by atoms with Gasteiger partial charge in [-0.05, 0) is 34.6 Å². The second-order valence-corrected chi connectivity index (χ2v) is 5.18. The Kier molecular flexibility index (Phi) is 5.43. The van der Waals surface area contributed by atoms with Gasteiger partial charge in [-0.25, -0.2) is 9.97 Å². The average molecular weight is 337 g/mol. The monoisotopic (exact) mass is 336 g/mol. The maximum Gasteiger partial charge on any atom is 0.216 e. The molecule has 0 amide bonds. The van der Waals surface area contributed by atoms with Crippen LogP contribution < -0.4 is 10.1 Å². The van der Waals surface area contributed by atoms with Gasteiger partial charge in [0, 0.05) is 28.9 Å². The fourth-order valence-electron chi connectivity index (χ4n) is 1.92. The van der Waals surface area contributed by atoms with Crippen molar-refractivity contribution in [3.63, 3.8) is 0 Å². The van der Waals surface area contributed by atoms with E-state index in [0.29, 0.717) is 5.88 Å². The van der Waals surface area contributed by atoms with Crippen LogP contribution in [0, 0.1) is 0 Å². The molecular formula is C14H17BrN4O. The molecule has 2 aromatic heterocycles. The molecule has 5 nitrogen and oxygen atoms in total. The number of ether oxygens (including phenoxy) is 1. The van der Waals surface area contributed by atoms with Gasteiger partial charge in [-0.15, -0.1) is 0 Å². The Morgan fingerprint density at radius 2 is 2.15 bits per heavy atom. The van der Waals surface area contributed by atoms with E-state index < -0.39 is 0 Å². The predicted molar refractivity (Wildman–Crippen MR) is 80.6 cm³/mol. The molecule has 6 heteroatoms. The minimum absolute atomic E-state index is 0.0885. The van der Waals surface area contributed by atoms with Crippen molar-refractivity contribution in [2.24, 2.45) is 0 Å². The first-order chi connectivity index (χ1) is 9.72. The highest BCUT2D eigenvalue weighted by Crippen LogP contribution is 2.19. The molecule has 106 valence electrons. The number of aromatic nitrogens is 3. The molecule has 0 aliphatic carbocycles. The Bertz CT molecular complexity index is 547. The third kappa shape index (κ3) is 3.98. The largest absolute Gasteiger partial charge is 0.481 e. The number of likely N-dealkylation sites (N-methyl/N-ethyl adjacent to an activating group) is 1. The Labute approximate surface area is 127 Å². The lowest BCUT2D eigenvalue weighted by atomic mass is 10.1. The summed E-state index contributed by atoms with van der Waals surface area (Å²) >= 11 is 3.39. The van der Waals surface area contributed by atoms with E-state index in [-0.39, 0.29) is 6.04 Å². The van der Waals surface area contributed by atoms with Crippen molar-refractivity contribution in [1.29, 1.82) is 0 Å². The molecule has 0 saturated carbocycles. The fraction of sp³-hybridized carbons (Fsp3) is 0.357. The van der Waals surface area contributed by atoms with Crippen LogP contribution in [-0.4, -0.2) is 28.6 Å². The topological polar surface area (TPSA) is 59.9 Å². The van der Waals surface area contributed by atoms with Crippen LogP contribution in [-0.2, 0) is 6.42 Å². The maximum absolute atomic E-state index is 5.15. The van der Waals surface area contributed by atoms with E-state index in [0.717, 1.165) is 28.8 Å². The lowest BCUT2D eigenvalue weighted by molar-refractivity contribution is 0.393. The van der Waals surface area contributed by atoms with Crippen molar-refractivity contribution >= 4 is 15.9 Å². The third-order valence-corrected chi connectivity index (χ3v) is 3.35. The number of hydrogen-bond donors (Lipinski definition) is 1. The first-order valence-corrected chi connectivity index (χ1v) is 7.22. The van der Waals surface area contributed by atoms with Gasteiger partial charge >= 0.3 is 0 Å². The van der Waals surface area contributed by atoms with Gasteiger partial charge < -0.3 is 10.1 Å². The lowest BCUT2D eigenvalue weighted by Gasteiger charge is -2.17. The highest BCUT2D eigenvalue weighted by molar-refractivity contribution is 9.10. The summed E-state index contributed by atoms with van der Waals surface area (Å²) < 4.78 is 6.13. The summed E-state index contributed by atoms with van der Waals surface area (Å²) in [5, 5.41) is 3.42. The van der Waals surface area contributed by atoms with Crippen LogP contribution in [0.5, 0.6) is 5.88 Å². The quantitative estimate of drug-likeness (QED) is 0.878. The molecular weight excluding hydrogens is 320 g/mol. The first-order valence-electron chi connectivity index (χ1n) is 6.42. The van der Waals surface area contributed by atoms with Crippen LogP contribution in [0.2, 0.25) is 0 Å². The summed E-state index contributed by atoms with van der Waals surface area (Å²) in [5.41, 5.74) is 1.92. The minimum Gasteiger partial charge on any atom is -0.481 e. The molecule has 0 bridgehead atoms. The smallest absolute Gasteiger partial charge is 0.216 e. The van der Waals surface area contributed by atoms with Crippen LogP contribution >= 0.6 is 15.9 Å². The van der Waals surface area contributed by atoms with E-state index in [2.05, 4.69) is 43.1 Å². The van der Waals surface area contributed by atoms with Gasteiger partial charge in [0.1, 0.15) is 6.33 Å². The van der Waals surface area contributed by atoms with E-state index in [9.17, 15) is 0 Å². The Balaban J connectivity index is 2.19. The van der Waals surface area contributed by atoms with E-state index in [1.165, 1.54) is 6.33 Å². The normalized spacial score (nSPS) is 12.2. The summed E-state index contributed by atoms with van der Waals surface area (Å²) in [6.45, 7) is 2.92. The molecule has 2 heterocycles. The Hall–Kier alpha value is -1.53. The number of methoxy groups -OCH3 is 1. The molecule has 0 saturated heterocycles. The molecule has 1 N–H and O–H groups in total. The van der Waals surface area contributed by atoms with Gasteiger partial charge in [0.25, 0.3) is 0 Å². The maximum atomic E-state index is 5.15. The number of rotatable bonds is 6. The number of nitrogens with zero attached hydrogens (tertiary/aromatic N) is 3. The summed E-state index contributed by atoms with van der Waals surface area (Å²) in [4.78, 5) is 12.8. The highest BCUT2D eigenvalue weighted by Gasteiger charge is 2.14. The average Bonchev–Trinajstić information content (AvgIpc) is 2.49. The Morgan fingerprint density at radius 3 is 2.80 bits per heavy atom. The second-order valence-electron chi connectivity index (χ2n) is 4.27. The van der Waals surface area contributed by atoms with Gasteiger partial charge in [-0.3, -0.25) is 4.98 Å². The molecule has 0 fully saturated rings. The molecule has 0 aliphatic rings. The predicted octanol–water partition coefficient (Wildman–Crippen LogP) is 2.54. The molecule has 2 rings (SSSR count). The molecule has 0 spiro atoms. The van der Waals surface area contributed by atoms with E-state index in [1.807, 2.05) is 18.2 Å². The lowest BCUT2D eigenvalue weighted by Crippen LogP contribution is -2.24. The minimum atomic E-state index is 0.0885. The van der Waals surface area contributed by atoms with Gasteiger partial charge in [0.05, 0.1) is 18.8 Å². The van der Waals surface area contributed by atoms with E-state index in [4.69, 9.17) is 4.74 Å². The van der Waals surface area contributed by atoms with E-state index in [1.54, 1.807) is 13.3 Å². The number of hydrogen-bond acceptors (Lipinski definition) is 5. The fourth-order valence-corrected chi connectivity index (χ4v) is 2.15. The zero-order valence-corrected chi connectivity index (χ0v) is 13.1. The number of pyridine rings is 1. The zero-order chi connectivity index (χ0) is 14.4. The standard InChI is InChI=1S/C14H17BrN4O/c1-3-16-12(6-11-5-4-10(15)8-17-11)13-7-14(20-2)19-9-18-13/h4-5,7-9,12,16H,3,6H2,1-2H3. The van der Waals surface area contributed by atoms with Crippen LogP contribution in [0.3, 0.4) is 0 Å². The van der Waals surface area contributed by atoms with Gasteiger partial charge in [-0.1, -0.05) is 6.92 Å². The number of nitrogens with one attached hydrogen (secondary N) is 1. The highest BCUT2D eigenvalue weighted by atomic mass is 79.9. The summed E-state index contributed by atoms with van der Waals surface area (Å²) in [6.07, 6.45) is 4.09. The molecule has 20 heavy (non-hydrogen) atoms. The van der Waals surface area contributed by atoms with Crippen molar-refractivity contribution in [2.75, 3.05) is 13.7 Å². The van der Waals surface area contributed by atoms with Gasteiger partial charge in [-0.2, -0.15) is 0 Å². The summed E-state index contributed by atoms with van der Waals surface area (Å²) in [5.74, 6) is 0.571. The van der Waals surface area contributed by atoms with Crippen molar-refractivity contribution in [3.05, 3.63) is 46.6 Å². The van der Waals surface area contributed by atoms with Crippen molar-refractivity contribution < 1.29 is 4.74 Å². The van der Waals surface area contributed by atoms with Crippen molar-refractivity contribution in [1.82, 2.24) is 20.3 Å². The summed E-state index contributed by atoms with van der Waals surface area (Å²) in [7, 11) is 1.60. The van der Waals surface area contributed by atoms with Crippen LogP contribution in [0.1, 0.15) is 24.4 Å². The third-order valence-electron chi connectivity index (χ3n) is 2.88. The second kappa shape index (κ2) is 7.31. The summed E-state index contributed by atoms with van der Waals surface area (Å²) in [6, 6.07) is 5.94. The molecule has 0 aliphatic heterocycles. The first kappa shape index (κ1) is 14.9. The van der Waals surface area contributed by atoms with Crippen LogP contribution in [0.15, 0.2) is 35.2 Å². The van der Waals surface area contributed by atoms with Crippen LogP contribution in [0.25, 0.3) is 0 Å². The van der Waals surface area contributed by atoms with Crippen molar-refractivity contribution in [3.8, 4) is 5.88 Å². The molecule has 2 aromatic rings. The molecule has 1 unspecified atom stereocenters. The zero-order valence-electron chi connectivity index (χ0n) is 11.5. The van der Waals surface area contributed by atoms with Crippen LogP contribution in [0.4, 0.5) is 0 Å². The number of halogens is 1. The molecule has 1 atom stereocenters. The van der Waals surface area contributed by atoms with Crippen molar-refractivity contribution in [2.45, 2.75) is 19.4 Å².